The molecule has 0 bridgehead atoms. The fourth-order valence-electron chi connectivity index (χ4n) is 3.01. The Morgan fingerprint density at radius 2 is 1.95 bits per heavy atom. The second-order valence-corrected chi connectivity index (χ2v) is 5.38. The molecule has 2 unspecified atom stereocenters. The van der Waals surface area contributed by atoms with E-state index < -0.39 is 24.9 Å². The van der Waals surface area contributed by atoms with Gasteiger partial charge in [-0.25, -0.2) is 8.78 Å². The van der Waals surface area contributed by atoms with Crippen LogP contribution in [0.1, 0.15) is 23.2 Å². The normalized spacial score (nSPS) is 29.7. The van der Waals surface area contributed by atoms with Gasteiger partial charge in [0.05, 0.1) is 6.10 Å². The average Bonchev–Trinajstić information content (AvgIpc) is 2.79. The average molecular weight is 282 g/mol. The number of ether oxygens (including phenoxy) is 1. The van der Waals surface area contributed by atoms with Crippen molar-refractivity contribution in [1.29, 1.82) is 0 Å². The van der Waals surface area contributed by atoms with Gasteiger partial charge in [-0.1, -0.05) is 0 Å². The van der Waals surface area contributed by atoms with Gasteiger partial charge in [-0.2, -0.15) is 0 Å². The molecular weight excluding hydrogens is 269 g/mol. The predicted molar refractivity (Wildman–Crippen MR) is 67.2 cm³/mol. The van der Waals surface area contributed by atoms with Crippen LogP contribution in [0, 0.1) is 11.8 Å². The largest absolute Gasteiger partial charge is 0.490 e. The summed E-state index contributed by atoms with van der Waals surface area (Å²) in [5.74, 6) is -3.34. The number of carbonyl (C=O) groups excluding carboxylic acids is 1. The number of aldehydes is 1. The minimum Gasteiger partial charge on any atom is -0.490 e. The highest BCUT2D eigenvalue weighted by molar-refractivity contribution is 6.60. The van der Waals surface area contributed by atoms with Gasteiger partial charge in [0.25, 0.3) is 5.92 Å². The molecule has 106 valence electrons. The van der Waals surface area contributed by atoms with Crippen LogP contribution in [0.3, 0.4) is 0 Å². The van der Waals surface area contributed by atoms with E-state index in [4.69, 9.17) is 4.74 Å². The number of fused-ring (bicyclic) bond motifs is 1. The number of rotatable bonds is 4. The van der Waals surface area contributed by atoms with Crippen LogP contribution in [0.4, 0.5) is 8.78 Å². The summed E-state index contributed by atoms with van der Waals surface area (Å²) in [6, 6.07) is 4.30. The molecule has 4 nitrogen and oxygen atoms in total. The topological polar surface area (TPSA) is 66.8 Å². The second kappa shape index (κ2) is 4.53. The first-order valence-electron chi connectivity index (χ1n) is 6.43. The van der Waals surface area contributed by atoms with E-state index in [1.54, 1.807) is 0 Å². The molecule has 7 heteroatoms. The first-order chi connectivity index (χ1) is 9.43. The van der Waals surface area contributed by atoms with E-state index in [0.29, 0.717) is 24.9 Å². The fourth-order valence-corrected chi connectivity index (χ4v) is 3.01. The van der Waals surface area contributed by atoms with Crippen molar-refractivity contribution in [1.82, 2.24) is 0 Å². The van der Waals surface area contributed by atoms with Crippen LogP contribution < -0.4 is 10.2 Å². The Morgan fingerprint density at radius 3 is 2.50 bits per heavy atom. The van der Waals surface area contributed by atoms with Crippen molar-refractivity contribution in [2.24, 2.45) is 11.8 Å². The van der Waals surface area contributed by atoms with Crippen LogP contribution in [0.25, 0.3) is 0 Å². The first-order valence-corrected chi connectivity index (χ1v) is 6.43. The maximum absolute atomic E-state index is 13.1. The molecule has 2 aliphatic carbocycles. The van der Waals surface area contributed by atoms with Crippen molar-refractivity contribution < 1.29 is 28.4 Å². The molecule has 2 aliphatic rings. The lowest BCUT2D eigenvalue weighted by Crippen LogP contribution is -2.33. The van der Waals surface area contributed by atoms with E-state index in [1.807, 2.05) is 0 Å². The van der Waals surface area contributed by atoms with E-state index in [0.717, 1.165) is 0 Å². The molecular formula is C13H13BF2O4. The molecule has 20 heavy (non-hydrogen) atoms. The molecule has 0 radical (unpaired) electrons. The summed E-state index contributed by atoms with van der Waals surface area (Å²) in [5, 5.41) is 18.4. The molecule has 0 amide bonds. The molecule has 0 spiro atoms. The number of hydrogen-bond donors (Lipinski definition) is 2. The zero-order valence-electron chi connectivity index (χ0n) is 10.5. The van der Waals surface area contributed by atoms with Gasteiger partial charge in [0.2, 0.25) is 0 Å². The Labute approximate surface area is 114 Å². The number of carbonyl (C=O) groups is 1. The molecule has 0 aromatic heterocycles. The zero-order valence-corrected chi connectivity index (χ0v) is 10.5. The fraction of sp³-hybridized carbons (Fsp3) is 0.462. The molecule has 2 saturated carbocycles. The minimum atomic E-state index is -2.53. The number of halogens is 2. The summed E-state index contributed by atoms with van der Waals surface area (Å²) in [6.45, 7) is 0. The molecule has 0 aliphatic heterocycles. The van der Waals surface area contributed by atoms with Crippen molar-refractivity contribution in [2.75, 3.05) is 0 Å². The van der Waals surface area contributed by atoms with Gasteiger partial charge >= 0.3 is 7.12 Å². The summed E-state index contributed by atoms with van der Waals surface area (Å²) in [5.41, 5.74) is 0.208. The standard InChI is InChI=1S/C13H13BF2O4/c15-13(16)10-3-9(4-11(10)13)20-8-2-1-7(6-17)12(5-8)14(18)19/h1-2,5-6,9-11,18-19H,3-4H2. The summed E-state index contributed by atoms with van der Waals surface area (Å²) < 4.78 is 31.7. The molecule has 2 N–H and O–H groups in total. The summed E-state index contributed by atoms with van der Waals surface area (Å²) in [7, 11) is -1.78. The van der Waals surface area contributed by atoms with Gasteiger partial charge in [0.15, 0.2) is 0 Å². The molecule has 0 heterocycles. The van der Waals surface area contributed by atoms with Gasteiger partial charge in [-0.15, -0.1) is 0 Å². The Kier molecular flexibility index (Phi) is 3.06. The molecule has 1 aromatic carbocycles. The Morgan fingerprint density at radius 1 is 1.30 bits per heavy atom. The molecule has 1 aromatic rings. The van der Waals surface area contributed by atoms with Crippen molar-refractivity contribution in [3.63, 3.8) is 0 Å². The monoisotopic (exact) mass is 282 g/mol. The van der Waals surface area contributed by atoms with Crippen LogP contribution in [0.2, 0.25) is 0 Å². The summed E-state index contributed by atoms with van der Waals surface area (Å²) in [4.78, 5) is 10.8. The van der Waals surface area contributed by atoms with Crippen molar-refractivity contribution in [3.8, 4) is 5.75 Å². The van der Waals surface area contributed by atoms with E-state index >= 15 is 0 Å². The summed E-state index contributed by atoms with van der Waals surface area (Å²) in [6.07, 6.45) is 0.855. The van der Waals surface area contributed by atoms with Crippen molar-refractivity contribution in [2.45, 2.75) is 24.9 Å². The quantitative estimate of drug-likeness (QED) is 0.627. The molecule has 2 atom stereocenters. The van der Waals surface area contributed by atoms with Gasteiger partial charge < -0.3 is 14.8 Å². The van der Waals surface area contributed by atoms with Crippen LogP contribution in [0.5, 0.6) is 5.75 Å². The Bertz CT molecular complexity index is 535. The van der Waals surface area contributed by atoms with Crippen LogP contribution >= 0.6 is 0 Å². The Balaban J connectivity index is 1.70. The smallest absolute Gasteiger partial charge is 0.489 e. The highest BCUT2D eigenvalue weighted by Gasteiger charge is 2.72. The summed E-state index contributed by atoms with van der Waals surface area (Å²) >= 11 is 0. The minimum absolute atomic E-state index is 0.0472. The third-order valence-electron chi connectivity index (χ3n) is 4.17. The number of benzene rings is 1. The maximum atomic E-state index is 13.1. The third-order valence-corrected chi connectivity index (χ3v) is 4.17. The van der Waals surface area contributed by atoms with Crippen LogP contribution in [0.15, 0.2) is 18.2 Å². The van der Waals surface area contributed by atoms with Gasteiger partial charge in [-0.05, 0) is 36.5 Å². The number of hydrogen-bond acceptors (Lipinski definition) is 4. The van der Waals surface area contributed by atoms with E-state index in [9.17, 15) is 23.6 Å². The maximum Gasteiger partial charge on any atom is 0.489 e. The lowest BCUT2D eigenvalue weighted by molar-refractivity contribution is 0.0469. The van der Waals surface area contributed by atoms with Gasteiger partial charge in [-0.3, -0.25) is 4.79 Å². The van der Waals surface area contributed by atoms with Crippen molar-refractivity contribution in [3.05, 3.63) is 23.8 Å². The highest BCUT2D eigenvalue weighted by Crippen LogP contribution is 2.64. The first kappa shape index (κ1) is 13.5. The second-order valence-electron chi connectivity index (χ2n) is 5.38. The zero-order chi connectivity index (χ0) is 14.5. The molecule has 3 rings (SSSR count). The van der Waals surface area contributed by atoms with Gasteiger partial charge in [0, 0.05) is 17.4 Å². The van der Waals surface area contributed by atoms with Crippen LogP contribution in [-0.2, 0) is 0 Å². The van der Waals surface area contributed by atoms with Crippen molar-refractivity contribution >= 4 is 18.9 Å². The third kappa shape index (κ3) is 2.11. The molecule has 2 fully saturated rings. The van der Waals surface area contributed by atoms with Gasteiger partial charge in [0.1, 0.15) is 12.0 Å². The van der Waals surface area contributed by atoms with E-state index in [2.05, 4.69) is 0 Å². The SMILES string of the molecule is O=Cc1ccc(OC2CC3C(C2)C3(F)F)cc1B(O)O. The van der Waals surface area contributed by atoms with E-state index in [-0.39, 0.29) is 17.1 Å². The molecule has 0 saturated heterocycles. The predicted octanol–water partition coefficient (Wildman–Crippen LogP) is 0.601. The Hall–Kier alpha value is -1.47. The lowest BCUT2D eigenvalue weighted by Gasteiger charge is -2.17. The lowest BCUT2D eigenvalue weighted by atomic mass is 9.77. The number of alkyl halides is 2. The highest BCUT2D eigenvalue weighted by atomic mass is 19.3. The van der Waals surface area contributed by atoms with E-state index in [1.165, 1.54) is 18.2 Å². The van der Waals surface area contributed by atoms with Crippen LogP contribution in [-0.4, -0.2) is 35.5 Å².